The summed E-state index contributed by atoms with van der Waals surface area (Å²) in [6.45, 7) is 5.02. The van der Waals surface area contributed by atoms with E-state index >= 15 is 0 Å². The molecule has 0 spiro atoms. The number of thioether (sulfide) groups is 1. The van der Waals surface area contributed by atoms with Crippen LogP contribution in [-0.2, 0) is 28.9 Å². The predicted molar refractivity (Wildman–Crippen MR) is 167 cm³/mol. The molecule has 46 heavy (non-hydrogen) atoms. The molecule has 4 heterocycles. The largest absolute Gasteiger partial charge is 0.522 e. The van der Waals surface area contributed by atoms with Crippen molar-refractivity contribution in [3.8, 4) is 16.9 Å². The SMILES string of the molecule is Cc1cc(-c2cc(Cl)ccc2OCCn2c(C)nc3c(c2=O)C[C@@H](N2CCC(OC(F)(F)F)CC2)CC3)c2c(n1)C(C(=O)O)CS2. The first kappa shape index (κ1) is 32.8. The average Bonchev–Trinajstić information content (AvgIpc) is 3.43. The Bertz CT molecular complexity index is 1710. The van der Waals surface area contributed by atoms with E-state index < -0.39 is 24.4 Å². The summed E-state index contributed by atoms with van der Waals surface area (Å²) >= 11 is 7.84. The van der Waals surface area contributed by atoms with Gasteiger partial charge >= 0.3 is 12.3 Å². The molecule has 3 aromatic rings. The number of halogens is 4. The van der Waals surface area contributed by atoms with Gasteiger partial charge in [0.15, 0.2) is 0 Å². The Labute approximate surface area is 273 Å². The summed E-state index contributed by atoms with van der Waals surface area (Å²) < 4.78 is 50.1. The van der Waals surface area contributed by atoms with Gasteiger partial charge in [0.05, 0.1) is 24.0 Å². The summed E-state index contributed by atoms with van der Waals surface area (Å²) in [5.41, 5.74) is 4.05. The third-order valence-electron chi connectivity index (χ3n) is 8.94. The lowest BCUT2D eigenvalue weighted by molar-refractivity contribution is -0.346. The van der Waals surface area contributed by atoms with Crippen molar-refractivity contribution in [2.45, 2.75) is 81.8 Å². The van der Waals surface area contributed by atoms with E-state index in [0.29, 0.717) is 83.6 Å². The molecule has 0 bridgehead atoms. The second kappa shape index (κ2) is 13.2. The van der Waals surface area contributed by atoms with Crippen molar-refractivity contribution >= 4 is 29.3 Å². The van der Waals surface area contributed by atoms with Crippen LogP contribution in [-0.4, -0.2) is 74.5 Å². The highest BCUT2D eigenvalue weighted by Gasteiger charge is 2.37. The van der Waals surface area contributed by atoms with Crippen molar-refractivity contribution in [3.63, 3.8) is 0 Å². The van der Waals surface area contributed by atoms with Gasteiger partial charge in [-0.25, -0.2) is 4.98 Å². The Kier molecular flexibility index (Phi) is 9.39. The minimum absolute atomic E-state index is 0.0574. The summed E-state index contributed by atoms with van der Waals surface area (Å²) in [6, 6.07) is 7.23. The van der Waals surface area contributed by atoms with Crippen molar-refractivity contribution in [1.82, 2.24) is 19.4 Å². The number of hydrogen-bond acceptors (Lipinski definition) is 8. The normalized spacial score (nSPS) is 20.4. The van der Waals surface area contributed by atoms with Crippen LogP contribution in [0.1, 0.15) is 53.7 Å². The number of carboxylic acid groups (broad SMARTS) is 1. The second-order valence-corrected chi connectivity index (χ2v) is 13.4. The number of aryl methyl sites for hydroxylation is 3. The third kappa shape index (κ3) is 6.92. The van der Waals surface area contributed by atoms with E-state index in [4.69, 9.17) is 21.3 Å². The fourth-order valence-electron chi connectivity index (χ4n) is 6.72. The van der Waals surface area contributed by atoms with Gasteiger partial charge in [0.25, 0.3) is 5.56 Å². The van der Waals surface area contributed by atoms with Gasteiger partial charge in [-0.1, -0.05) is 11.6 Å². The Morgan fingerprint density at radius 1 is 1.13 bits per heavy atom. The van der Waals surface area contributed by atoms with Crippen LogP contribution in [0.4, 0.5) is 13.2 Å². The fraction of sp³-hybridized carbons (Fsp3) is 0.500. The summed E-state index contributed by atoms with van der Waals surface area (Å²) in [5, 5.41) is 10.2. The number of likely N-dealkylation sites (tertiary alicyclic amines) is 1. The van der Waals surface area contributed by atoms with E-state index in [1.54, 1.807) is 29.7 Å². The Morgan fingerprint density at radius 3 is 2.61 bits per heavy atom. The zero-order chi connectivity index (χ0) is 32.7. The zero-order valence-electron chi connectivity index (χ0n) is 25.4. The van der Waals surface area contributed by atoms with Gasteiger partial charge in [0.2, 0.25) is 0 Å². The highest BCUT2D eigenvalue weighted by atomic mass is 35.5. The molecule has 2 aliphatic heterocycles. The molecular formula is C32H34ClF3N4O5S. The summed E-state index contributed by atoms with van der Waals surface area (Å²) in [5.74, 6) is -0.0754. The minimum Gasteiger partial charge on any atom is -0.491 e. The van der Waals surface area contributed by atoms with E-state index in [1.165, 1.54) is 11.8 Å². The monoisotopic (exact) mass is 678 g/mol. The summed E-state index contributed by atoms with van der Waals surface area (Å²) in [6.07, 6.45) is -2.95. The van der Waals surface area contributed by atoms with Gasteiger partial charge in [-0.2, -0.15) is 0 Å². The van der Waals surface area contributed by atoms with Crippen molar-refractivity contribution in [1.29, 1.82) is 0 Å². The van der Waals surface area contributed by atoms with Gasteiger partial charge in [0.1, 0.15) is 24.1 Å². The van der Waals surface area contributed by atoms with Crippen molar-refractivity contribution < 1.29 is 32.5 Å². The number of nitrogens with zero attached hydrogens (tertiary/aromatic N) is 4. The zero-order valence-corrected chi connectivity index (χ0v) is 27.0. The lowest BCUT2D eigenvalue weighted by Crippen LogP contribution is -2.48. The molecule has 1 aliphatic carbocycles. The van der Waals surface area contributed by atoms with Crippen LogP contribution < -0.4 is 10.3 Å². The van der Waals surface area contributed by atoms with E-state index in [0.717, 1.165) is 22.6 Å². The molecule has 1 unspecified atom stereocenters. The first-order chi connectivity index (χ1) is 21.9. The minimum atomic E-state index is -4.63. The smallest absolute Gasteiger partial charge is 0.491 e. The summed E-state index contributed by atoms with van der Waals surface area (Å²) in [4.78, 5) is 37.8. The van der Waals surface area contributed by atoms with Crippen molar-refractivity contribution in [3.05, 3.63) is 68.1 Å². The first-order valence-electron chi connectivity index (χ1n) is 15.3. The van der Waals surface area contributed by atoms with Gasteiger partial charge in [0, 0.05) is 57.2 Å². The van der Waals surface area contributed by atoms with Crippen molar-refractivity contribution in [2.24, 2.45) is 0 Å². The molecule has 0 amide bonds. The van der Waals surface area contributed by atoms with Crippen LogP contribution >= 0.6 is 23.4 Å². The van der Waals surface area contributed by atoms with Crippen molar-refractivity contribution in [2.75, 3.05) is 25.4 Å². The molecule has 246 valence electrons. The molecule has 6 rings (SSSR count). The molecule has 1 aromatic carbocycles. The number of alkyl halides is 3. The highest BCUT2D eigenvalue weighted by Crippen LogP contribution is 2.47. The lowest BCUT2D eigenvalue weighted by Gasteiger charge is -2.39. The maximum Gasteiger partial charge on any atom is 0.522 e. The quantitative estimate of drug-likeness (QED) is 0.317. The van der Waals surface area contributed by atoms with E-state index in [9.17, 15) is 27.9 Å². The van der Waals surface area contributed by atoms with E-state index in [2.05, 4.69) is 14.6 Å². The standard InChI is InChI=1S/C32H34ClF3N4O5S/c1-17-13-23(29-28(37-17)25(16-46-29)31(42)43)22-14-19(33)3-6-27(22)44-12-11-40-18(2)38-26-5-4-20(15-24(26)30(40)41)39-9-7-21(8-10-39)45-32(34,35)36/h3,6,13-14,20-21,25H,4-5,7-12,15-16H2,1-2H3,(H,42,43)/t20-,25?/m0/s1. The molecule has 1 saturated heterocycles. The van der Waals surface area contributed by atoms with Crippen LogP contribution in [0.25, 0.3) is 11.1 Å². The number of fused-ring (bicyclic) bond motifs is 2. The number of benzene rings is 1. The number of rotatable bonds is 8. The highest BCUT2D eigenvalue weighted by molar-refractivity contribution is 7.99. The third-order valence-corrected chi connectivity index (χ3v) is 10.4. The van der Waals surface area contributed by atoms with Crippen LogP contribution in [0.5, 0.6) is 5.75 Å². The molecule has 1 N–H and O–H groups in total. The van der Waals surface area contributed by atoms with Gasteiger partial charge in [-0.3, -0.25) is 28.8 Å². The molecule has 0 radical (unpaired) electrons. The Hall–Kier alpha value is -3.13. The molecule has 1 fully saturated rings. The Balaban J connectivity index is 1.17. The number of carboxylic acids is 1. The number of aliphatic carboxylic acids is 1. The topological polar surface area (TPSA) is 107 Å². The summed E-state index contributed by atoms with van der Waals surface area (Å²) in [7, 11) is 0. The molecule has 2 atom stereocenters. The van der Waals surface area contributed by atoms with E-state index in [-0.39, 0.29) is 24.8 Å². The molecular weight excluding hydrogens is 645 g/mol. The maximum absolute atomic E-state index is 13.7. The van der Waals surface area contributed by atoms with Crippen LogP contribution in [0.2, 0.25) is 5.02 Å². The van der Waals surface area contributed by atoms with Gasteiger partial charge in [-0.05, 0) is 70.2 Å². The van der Waals surface area contributed by atoms with Crippen LogP contribution in [0.15, 0.2) is 34.0 Å². The molecule has 3 aliphatic rings. The Morgan fingerprint density at radius 2 is 1.89 bits per heavy atom. The molecule has 0 saturated carbocycles. The lowest BCUT2D eigenvalue weighted by atomic mass is 9.90. The number of pyridine rings is 1. The number of carbonyl (C=O) groups is 1. The van der Waals surface area contributed by atoms with Gasteiger partial charge < -0.3 is 9.84 Å². The average molecular weight is 679 g/mol. The van der Waals surface area contributed by atoms with Crippen LogP contribution in [0.3, 0.4) is 0 Å². The van der Waals surface area contributed by atoms with Crippen LogP contribution in [0, 0.1) is 13.8 Å². The van der Waals surface area contributed by atoms with E-state index in [1.807, 2.05) is 13.0 Å². The number of aromatic nitrogens is 3. The first-order valence-corrected chi connectivity index (χ1v) is 16.6. The predicted octanol–water partition coefficient (Wildman–Crippen LogP) is 5.79. The number of ether oxygens (including phenoxy) is 2. The second-order valence-electron chi connectivity index (χ2n) is 12.0. The molecule has 9 nitrogen and oxygen atoms in total. The number of hydrogen-bond donors (Lipinski definition) is 1. The molecule has 2 aromatic heterocycles. The maximum atomic E-state index is 13.7. The fourth-order valence-corrected chi connectivity index (χ4v) is 8.19. The van der Waals surface area contributed by atoms with Gasteiger partial charge in [-0.15, -0.1) is 24.9 Å². The molecule has 14 heteroatoms. The number of piperidine rings is 1.